The van der Waals surface area contributed by atoms with Crippen LogP contribution in [0, 0.1) is 0 Å². The van der Waals surface area contributed by atoms with E-state index in [0.717, 1.165) is 25.4 Å². The monoisotopic (exact) mass is 371 g/mol. The van der Waals surface area contributed by atoms with Crippen LogP contribution < -0.4 is 4.74 Å². The highest BCUT2D eigenvalue weighted by molar-refractivity contribution is 5.91. The van der Waals surface area contributed by atoms with Crippen LogP contribution in [0.25, 0.3) is 11.6 Å². The second kappa shape index (κ2) is 10.5. The molecule has 0 bridgehead atoms. The van der Waals surface area contributed by atoms with Gasteiger partial charge in [-0.25, -0.2) is 0 Å². The molecular formula is C26H29NO. The van der Waals surface area contributed by atoms with E-state index in [1.807, 2.05) is 6.07 Å². The third-order valence-electron chi connectivity index (χ3n) is 4.93. The van der Waals surface area contributed by atoms with Crippen LogP contribution >= 0.6 is 0 Å². The summed E-state index contributed by atoms with van der Waals surface area (Å²) in [6.45, 7) is 8.16. The molecule has 144 valence electrons. The summed E-state index contributed by atoms with van der Waals surface area (Å²) >= 11 is 0. The maximum Gasteiger partial charge on any atom is 0.119 e. The molecule has 2 heteroatoms. The molecule has 0 aromatic heterocycles. The largest absolute Gasteiger partial charge is 0.492 e. The molecule has 0 fully saturated rings. The van der Waals surface area contributed by atoms with E-state index in [4.69, 9.17) is 4.74 Å². The van der Waals surface area contributed by atoms with Gasteiger partial charge in [0.25, 0.3) is 0 Å². The molecule has 0 saturated carbocycles. The summed E-state index contributed by atoms with van der Waals surface area (Å²) in [6.07, 6.45) is 2.24. The normalized spacial score (nSPS) is 11.6. The molecule has 0 N–H and O–H groups in total. The van der Waals surface area contributed by atoms with E-state index in [2.05, 4.69) is 104 Å². The Morgan fingerprint density at radius 2 is 1.32 bits per heavy atom. The predicted molar refractivity (Wildman–Crippen MR) is 120 cm³/mol. The van der Waals surface area contributed by atoms with Crippen molar-refractivity contribution in [2.45, 2.75) is 13.8 Å². The third-order valence-corrected chi connectivity index (χ3v) is 4.93. The topological polar surface area (TPSA) is 12.5 Å². The number of ether oxygens (including phenoxy) is 1. The van der Waals surface area contributed by atoms with Gasteiger partial charge in [0.15, 0.2) is 0 Å². The lowest BCUT2D eigenvalue weighted by Crippen LogP contribution is -2.27. The summed E-state index contributed by atoms with van der Waals surface area (Å²) in [5.41, 5.74) is 4.80. The quantitative estimate of drug-likeness (QED) is 0.428. The highest BCUT2D eigenvalue weighted by Gasteiger charge is 2.06. The van der Waals surface area contributed by atoms with Gasteiger partial charge in [0.2, 0.25) is 0 Å². The van der Waals surface area contributed by atoms with E-state index in [9.17, 15) is 0 Å². The van der Waals surface area contributed by atoms with E-state index in [0.29, 0.717) is 6.61 Å². The summed E-state index contributed by atoms with van der Waals surface area (Å²) in [4.78, 5) is 2.37. The average Bonchev–Trinajstić information content (AvgIpc) is 2.77. The first-order valence-corrected chi connectivity index (χ1v) is 10.1. The van der Waals surface area contributed by atoms with E-state index < -0.39 is 0 Å². The molecule has 0 aliphatic rings. The Morgan fingerprint density at radius 3 is 1.93 bits per heavy atom. The van der Waals surface area contributed by atoms with Gasteiger partial charge in [-0.1, -0.05) is 86.6 Å². The van der Waals surface area contributed by atoms with Crippen LogP contribution in [-0.4, -0.2) is 31.1 Å². The summed E-state index contributed by atoms with van der Waals surface area (Å²) in [5, 5.41) is 0. The van der Waals surface area contributed by atoms with Gasteiger partial charge in [-0.15, -0.1) is 0 Å². The molecule has 3 rings (SSSR count). The van der Waals surface area contributed by atoms with Crippen molar-refractivity contribution >= 4 is 11.6 Å². The Morgan fingerprint density at radius 1 is 0.750 bits per heavy atom. The standard InChI is InChI=1S/C26H29NO/c1-3-27(4-2)19-20-28-25-17-15-24(16-18-25)26(23-13-9-6-10-14-23)21-22-11-7-5-8-12-22/h5-18,21H,3-4,19-20H2,1-2H3/b26-21-. The minimum atomic E-state index is 0.715. The summed E-state index contributed by atoms with van der Waals surface area (Å²) < 4.78 is 5.94. The van der Waals surface area contributed by atoms with Crippen molar-refractivity contribution in [1.82, 2.24) is 4.90 Å². The van der Waals surface area contributed by atoms with Gasteiger partial charge in [0, 0.05) is 6.54 Å². The van der Waals surface area contributed by atoms with Crippen molar-refractivity contribution in [2.24, 2.45) is 0 Å². The van der Waals surface area contributed by atoms with Gasteiger partial charge >= 0.3 is 0 Å². The fraction of sp³-hybridized carbons (Fsp3) is 0.231. The maximum absolute atomic E-state index is 5.94. The van der Waals surface area contributed by atoms with E-state index in [-0.39, 0.29) is 0 Å². The van der Waals surface area contributed by atoms with Crippen LogP contribution in [0.5, 0.6) is 5.75 Å². The molecular weight excluding hydrogens is 342 g/mol. The predicted octanol–water partition coefficient (Wildman–Crippen LogP) is 6.00. The number of likely N-dealkylation sites (N-methyl/N-ethyl adjacent to an activating group) is 1. The number of rotatable bonds is 9. The van der Waals surface area contributed by atoms with Crippen molar-refractivity contribution in [1.29, 1.82) is 0 Å². The van der Waals surface area contributed by atoms with Crippen molar-refractivity contribution in [2.75, 3.05) is 26.2 Å². The van der Waals surface area contributed by atoms with Gasteiger partial charge in [0.05, 0.1) is 0 Å². The van der Waals surface area contributed by atoms with Gasteiger partial charge in [-0.3, -0.25) is 0 Å². The summed E-state index contributed by atoms with van der Waals surface area (Å²) in [6, 6.07) is 29.4. The number of benzene rings is 3. The SMILES string of the molecule is CCN(CC)CCOc1ccc(/C(=C\c2ccccc2)c2ccccc2)cc1. The highest BCUT2D eigenvalue weighted by atomic mass is 16.5. The zero-order valence-electron chi connectivity index (χ0n) is 16.8. The Hall–Kier alpha value is -2.84. The molecule has 0 radical (unpaired) electrons. The molecule has 0 spiro atoms. The Balaban J connectivity index is 1.79. The lowest BCUT2D eigenvalue weighted by molar-refractivity contribution is 0.223. The van der Waals surface area contributed by atoms with Crippen LogP contribution in [0.15, 0.2) is 84.9 Å². The minimum Gasteiger partial charge on any atom is -0.492 e. The maximum atomic E-state index is 5.94. The number of hydrogen-bond donors (Lipinski definition) is 0. The first-order valence-electron chi connectivity index (χ1n) is 10.1. The van der Waals surface area contributed by atoms with E-state index in [1.54, 1.807) is 0 Å². The minimum absolute atomic E-state index is 0.715. The van der Waals surface area contributed by atoms with E-state index >= 15 is 0 Å². The van der Waals surface area contributed by atoms with Crippen molar-refractivity contribution in [3.8, 4) is 5.75 Å². The lowest BCUT2D eigenvalue weighted by atomic mass is 9.95. The molecule has 0 aliphatic heterocycles. The van der Waals surface area contributed by atoms with E-state index in [1.165, 1.54) is 22.3 Å². The van der Waals surface area contributed by atoms with Crippen molar-refractivity contribution in [3.05, 3.63) is 102 Å². The molecule has 0 atom stereocenters. The summed E-state index contributed by atoms with van der Waals surface area (Å²) in [7, 11) is 0. The molecule has 2 nitrogen and oxygen atoms in total. The Kier molecular flexibility index (Phi) is 7.45. The van der Waals surface area contributed by atoms with Crippen LogP contribution in [0.3, 0.4) is 0 Å². The second-order valence-electron chi connectivity index (χ2n) is 6.73. The van der Waals surface area contributed by atoms with Crippen LogP contribution in [0.4, 0.5) is 0 Å². The molecule has 3 aromatic rings. The Labute approximate surface area is 169 Å². The third kappa shape index (κ3) is 5.58. The lowest BCUT2D eigenvalue weighted by Gasteiger charge is -2.18. The second-order valence-corrected chi connectivity index (χ2v) is 6.73. The fourth-order valence-electron chi connectivity index (χ4n) is 3.23. The van der Waals surface area contributed by atoms with Gasteiger partial charge in [0.1, 0.15) is 12.4 Å². The molecule has 3 aromatic carbocycles. The summed E-state index contributed by atoms with van der Waals surface area (Å²) in [5.74, 6) is 0.919. The van der Waals surface area contributed by atoms with Gasteiger partial charge < -0.3 is 9.64 Å². The van der Waals surface area contributed by atoms with Gasteiger partial charge in [-0.05, 0) is 53.6 Å². The smallest absolute Gasteiger partial charge is 0.119 e. The van der Waals surface area contributed by atoms with Crippen molar-refractivity contribution < 1.29 is 4.74 Å². The molecule has 0 saturated heterocycles. The average molecular weight is 372 g/mol. The molecule has 0 amide bonds. The van der Waals surface area contributed by atoms with Crippen molar-refractivity contribution in [3.63, 3.8) is 0 Å². The molecule has 0 unspecified atom stereocenters. The number of nitrogens with zero attached hydrogens (tertiary/aromatic N) is 1. The van der Waals surface area contributed by atoms with Gasteiger partial charge in [-0.2, -0.15) is 0 Å². The zero-order valence-corrected chi connectivity index (χ0v) is 16.8. The first kappa shape index (κ1) is 19.9. The Bertz CT molecular complexity index is 850. The first-order chi connectivity index (χ1) is 13.8. The zero-order chi connectivity index (χ0) is 19.6. The highest BCUT2D eigenvalue weighted by Crippen LogP contribution is 2.27. The molecule has 28 heavy (non-hydrogen) atoms. The fourth-order valence-corrected chi connectivity index (χ4v) is 3.23. The van der Waals surface area contributed by atoms with Crippen LogP contribution in [0.1, 0.15) is 30.5 Å². The van der Waals surface area contributed by atoms with Crippen LogP contribution in [0.2, 0.25) is 0 Å². The molecule has 0 heterocycles. The molecule has 0 aliphatic carbocycles. The van der Waals surface area contributed by atoms with Crippen LogP contribution in [-0.2, 0) is 0 Å². The number of hydrogen-bond acceptors (Lipinski definition) is 2.